The van der Waals surface area contributed by atoms with Crippen LogP contribution in [0.15, 0.2) is 60.9 Å². The van der Waals surface area contributed by atoms with Crippen LogP contribution >= 0.6 is 0 Å². The molecule has 0 saturated heterocycles. The molecule has 1 aliphatic rings. The molecule has 2 aromatic carbocycles. The van der Waals surface area contributed by atoms with E-state index < -0.39 is 0 Å². The van der Waals surface area contributed by atoms with Gasteiger partial charge in [-0.3, -0.25) is 4.79 Å². The lowest BCUT2D eigenvalue weighted by molar-refractivity contribution is 0.0735. The van der Waals surface area contributed by atoms with Gasteiger partial charge in [0.05, 0.1) is 36.0 Å². The van der Waals surface area contributed by atoms with Gasteiger partial charge < -0.3 is 20.1 Å². The molecule has 0 spiro atoms. The van der Waals surface area contributed by atoms with Crippen molar-refractivity contribution >= 4 is 17.3 Å². The summed E-state index contributed by atoms with van der Waals surface area (Å²) >= 11 is 0. The van der Waals surface area contributed by atoms with Crippen LogP contribution in [-0.2, 0) is 6.54 Å². The minimum Gasteiger partial charge on any atom is -0.508 e. The summed E-state index contributed by atoms with van der Waals surface area (Å²) in [6.07, 6.45) is 3.04. The Morgan fingerprint density at radius 2 is 1.84 bits per heavy atom. The van der Waals surface area contributed by atoms with Crippen LogP contribution in [-0.4, -0.2) is 37.7 Å². The molecule has 0 fully saturated rings. The van der Waals surface area contributed by atoms with E-state index in [-0.39, 0.29) is 11.7 Å². The van der Waals surface area contributed by atoms with Crippen LogP contribution < -0.4 is 4.90 Å². The van der Waals surface area contributed by atoms with Gasteiger partial charge in [-0.15, -0.1) is 9.94 Å². The molecule has 126 valence electrons. The van der Waals surface area contributed by atoms with Gasteiger partial charge in [-0.2, -0.15) is 0 Å². The van der Waals surface area contributed by atoms with Crippen LogP contribution in [0.25, 0.3) is 0 Å². The minimum atomic E-state index is -0.0590. The van der Waals surface area contributed by atoms with E-state index in [1.165, 1.54) is 6.20 Å². The molecule has 7 heteroatoms. The number of anilines is 2. The highest BCUT2D eigenvalue weighted by molar-refractivity contribution is 6.02. The predicted octanol–water partition coefficient (Wildman–Crippen LogP) is 2.58. The van der Waals surface area contributed by atoms with E-state index >= 15 is 0 Å². The molecule has 0 radical (unpaired) electrons. The van der Waals surface area contributed by atoms with Crippen molar-refractivity contribution in [2.45, 2.75) is 6.54 Å². The van der Waals surface area contributed by atoms with E-state index in [0.29, 0.717) is 24.5 Å². The number of carbonyl (C=O) groups is 1. The molecule has 0 aliphatic carbocycles. The Balaban J connectivity index is 1.70. The molecule has 7 nitrogen and oxygen atoms in total. The minimum absolute atomic E-state index is 0.0590. The van der Waals surface area contributed by atoms with Crippen molar-refractivity contribution in [3.05, 3.63) is 72.1 Å². The molecule has 4 rings (SSSR count). The zero-order valence-corrected chi connectivity index (χ0v) is 13.3. The molecule has 1 aliphatic heterocycles. The van der Waals surface area contributed by atoms with E-state index in [2.05, 4.69) is 5.10 Å². The molecule has 2 N–H and O–H groups in total. The fraction of sp³-hybridized carbons (Fsp3) is 0.111. The number of aromatic nitrogens is 2. The molecule has 1 aromatic heterocycles. The molecule has 0 bridgehead atoms. The van der Waals surface area contributed by atoms with Crippen molar-refractivity contribution < 1.29 is 15.1 Å². The van der Waals surface area contributed by atoms with Gasteiger partial charge in [0.15, 0.2) is 0 Å². The lowest BCUT2D eigenvalue weighted by Gasteiger charge is -2.37. The Morgan fingerprint density at radius 1 is 1.08 bits per heavy atom. The fourth-order valence-electron chi connectivity index (χ4n) is 2.98. The maximum atomic E-state index is 12.8. The monoisotopic (exact) mass is 336 g/mol. The van der Waals surface area contributed by atoms with Crippen molar-refractivity contribution in [2.75, 3.05) is 11.6 Å². The second-order valence-electron chi connectivity index (χ2n) is 5.88. The molecule has 1 amide bonds. The van der Waals surface area contributed by atoms with E-state index in [9.17, 15) is 15.1 Å². The second kappa shape index (κ2) is 5.86. The van der Waals surface area contributed by atoms with Gasteiger partial charge in [-0.05, 0) is 29.8 Å². The lowest BCUT2D eigenvalue weighted by Crippen LogP contribution is -2.44. The van der Waals surface area contributed by atoms with Gasteiger partial charge in [0.2, 0.25) is 0 Å². The molecule has 0 unspecified atom stereocenters. The highest BCUT2D eigenvalue weighted by atomic mass is 16.5. The number of hydrogen-bond acceptors (Lipinski definition) is 5. The summed E-state index contributed by atoms with van der Waals surface area (Å²) in [5.74, 6) is 0.132. The van der Waals surface area contributed by atoms with Gasteiger partial charge in [-0.1, -0.05) is 24.3 Å². The van der Waals surface area contributed by atoms with Gasteiger partial charge in [0.25, 0.3) is 5.91 Å². The Hall–Kier alpha value is -3.48. The Bertz CT molecular complexity index is 920. The molecule has 0 saturated carbocycles. The molecule has 2 heterocycles. The zero-order valence-electron chi connectivity index (χ0n) is 13.3. The number of benzene rings is 2. The van der Waals surface area contributed by atoms with Gasteiger partial charge >= 0.3 is 0 Å². The number of carbonyl (C=O) groups excluding carboxylic acids is 1. The number of aromatic hydroxyl groups is 1. The summed E-state index contributed by atoms with van der Waals surface area (Å²) in [4.78, 5) is 17.2. The first-order valence-electron chi connectivity index (χ1n) is 7.79. The average molecular weight is 336 g/mol. The van der Waals surface area contributed by atoms with Crippen molar-refractivity contribution in [2.24, 2.45) is 0 Å². The van der Waals surface area contributed by atoms with E-state index in [1.807, 2.05) is 23.1 Å². The molecule has 0 atom stereocenters. The van der Waals surface area contributed by atoms with Crippen LogP contribution in [0, 0.1) is 0 Å². The van der Waals surface area contributed by atoms with Crippen molar-refractivity contribution in [1.82, 2.24) is 14.8 Å². The van der Waals surface area contributed by atoms with Crippen LogP contribution in [0.5, 0.6) is 5.75 Å². The van der Waals surface area contributed by atoms with E-state index in [4.69, 9.17) is 0 Å². The number of para-hydroxylation sites is 1. The van der Waals surface area contributed by atoms with Crippen molar-refractivity contribution in [3.63, 3.8) is 0 Å². The van der Waals surface area contributed by atoms with Crippen LogP contribution in [0.2, 0.25) is 0 Å². The lowest BCUT2D eigenvalue weighted by atomic mass is 10.1. The number of amides is 1. The third kappa shape index (κ3) is 2.76. The van der Waals surface area contributed by atoms with E-state index in [1.54, 1.807) is 41.4 Å². The second-order valence-corrected chi connectivity index (χ2v) is 5.88. The summed E-state index contributed by atoms with van der Waals surface area (Å²) in [7, 11) is 0. The summed E-state index contributed by atoms with van der Waals surface area (Å²) < 4.78 is 0. The number of fused-ring (bicyclic) bond motifs is 1. The number of phenolic OH excluding ortho intramolecular Hbond substituents is 1. The van der Waals surface area contributed by atoms with Gasteiger partial charge in [-0.25, -0.2) is 0 Å². The summed E-state index contributed by atoms with van der Waals surface area (Å²) in [5.41, 5.74) is 2.99. The van der Waals surface area contributed by atoms with E-state index in [0.717, 1.165) is 16.1 Å². The topological polar surface area (TPSA) is 81.8 Å². The van der Waals surface area contributed by atoms with Crippen molar-refractivity contribution in [3.8, 4) is 5.75 Å². The standard InChI is InChI=1S/C18H16N4O3/c23-15-7-5-13(6-8-15)10-20-12-21(14-9-19-22(25)11-14)17-4-2-1-3-16(17)18(20)24/h1-9,11,23,25H,10,12H2. The van der Waals surface area contributed by atoms with Gasteiger partial charge in [0, 0.05) is 6.54 Å². The maximum absolute atomic E-state index is 12.8. The number of nitrogens with zero attached hydrogens (tertiary/aromatic N) is 4. The summed E-state index contributed by atoms with van der Waals surface area (Å²) in [5, 5.41) is 22.7. The maximum Gasteiger partial charge on any atom is 0.257 e. The normalized spacial score (nSPS) is 13.8. The molecular weight excluding hydrogens is 320 g/mol. The highest BCUT2D eigenvalue weighted by Gasteiger charge is 2.30. The smallest absolute Gasteiger partial charge is 0.257 e. The van der Waals surface area contributed by atoms with Crippen LogP contribution in [0.4, 0.5) is 11.4 Å². The van der Waals surface area contributed by atoms with Crippen LogP contribution in [0.1, 0.15) is 15.9 Å². The highest BCUT2D eigenvalue weighted by Crippen LogP contribution is 2.33. The largest absolute Gasteiger partial charge is 0.508 e. The quantitative estimate of drug-likeness (QED) is 0.719. The van der Waals surface area contributed by atoms with Crippen LogP contribution in [0.3, 0.4) is 0 Å². The number of hydrogen-bond donors (Lipinski definition) is 2. The first-order valence-corrected chi connectivity index (χ1v) is 7.79. The average Bonchev–Trinajstić information content (AvgIpc) is 3.05. The summed E-state index contributed by atoms with van der Waals surface area (Å²) in [6, 6.07) is 14.2. The predicted molar refractivity (Wildman–Crippen MR) is 90.8 cm³/mol. The molecular formula is C18H16N4O3. The molecule has 3 aromatic rings. The number of rotatable bonds is 3. The first-order chi connectivity index (χ1) is 12.1. The Kier molecular flexibility index (Phi) is 3.53. The van der Waals surface area contributed by atoms with Gasteiger partial charge in [0.1, 0.15) is 5.75 Å². The summed E-state index contributed by atoms with van der Waals surface area (Å²) in [6.45, 7) is 0.750. The fourth-order valence-corrected chi connectivity index (χ4v) is 2.98. The SMILES string of the molecule is O=C1c2ccccc2N(c2cnn(O)c2)CN1Cc1ccc(O)cc1. The third-order valence-electron chi connectivity index (χ3n) is 4.20. The zero-order chi connectivity index (χ0) is 17.4. The molecule has 25 heavy (non-hydrogen) atoms. The number of phenols is 1. The van der Waals surface area contributed by atoms with Crippen molar-refractivity contribution in [1.29, 1.82) is 0 Å². The first kappa shape index (κ1) is 15.1. The Morgan fingerprint density at radius 3 is 2.56 bits per heavy atom. The third-order valence-corrected chi connectivity index (χ3v) is 4.20. The Labute approximate surface area is 143 Å².